The number of nitrogens with zero attached hydrogens (tertiary/aromatic N) is 2. The molecule has 0 bridgehead atoms. The van der Waals surface area contributed by atoms with E-state index in [9.17, 15) is 5.11 Å². The van der Waals surface area contributed by atoms with Crippen LogP contribution in [-0.2, 0) is 0 Å². The van der Waals surface area contributed by atoms with E-state index in [-0.39, 0.29) is 5.41 Å². The zero-order valence-corrected chi connectivity index (χ0v) is 13.1. The van der Waals surface area contributed by atoms with Gasteiger partial charge in [-0.05, 0) is 65.6 Å². The van der Waals surface area contributed by atoms with Crippen LogP contribution in [0.5, 0.6) is 0 Å². The fraction of sp³-hybridized carbons (Fsp3) is 1.00. The van der Waals surface area contributed by atoms with Crippen LogP contribution in [0, 0.1) is 11.3 Å². The first-order valence-corrected chi connectivity index (χ1v) is 8.08. The molecule has 2 rings (SSSR count). The lowest BCUT2D eigenvalue weighted by atomic mass is 9.69. The highest BCUT2D eigenvalue weighted by atomic mass is 16.3. The van der Waals surface area contributed by atoms with Crippen LogP contribution in [0.2, 0.25) is 0 Å². The molecule has 0 radical (unpaired) electrons. The molecule has 1 aliphatic carbocycles. The van der Waals surface area contributed by atoms with Gasteiger partial charge in [0.2, 0.25) is 0 Å². The third-order valence-electron chi connectivity index (χ3n) is 5.30. The maximum atomic E-state index is 9.55. The van der Waals surface area contributed by atoms with Crippen LogP contribution in [-0.4, -0.2) is 60.8 Å². The van der Waals surface area contributed by atoms with Gasteiger partial charge in [0.25, 0.3) is 0 Å². The summed E-state index contributed by atoms with van der Waals surface area (Å²) in [4.78, 5) is 5.07. The summed E-state index contributed by atoms with van der Waals surface area (Å²) >= 11 is 0. The second-order valence-corrected chi connectivity index (χ2v) is 7.28. The molecule has 1 aliphatic heterocycles. The minimum Gasteiger partial charge on any atom is -0.396 e. The topological polar surface area (TPSA) is 26.7 Å². The van der Waals surface area contributed by atoms with Crippen LogP contribution in [0.3, 0.4) is 0 Å². The van der Waals surface area contributed by atoms with Crippen molar-refractivity contribution >= 4 is 0 Å². The Morgan fingerprint density at radius 3 is 2.32 bits per heavy atom. The molecule has 0 atom stereocenters. The zero-order valence-electron chi connectivity index (χ0n) is 13.1. The van der Waals surface area contributed by atoms with E-state index < -0.39 is 0 Å². The Morgan fingerprint density at radius 1 is 1.26 bits per heavy atom. The van der Waals surface area contributed by atoms with Crippen molar-refractivity contribution in [3.05, 3.63) is 0 Å². The largest absolute Gasteiger partial charge is 0.396 e. The third kappa shape index (κ3) is 3.93. The lowest BCUT2D eigenvalue weighted by molar-refractivity contribution is 0.00786. The smallest absolute Gasteiger partial charge is 0.0499 e. The third-order valence-corrected chi connectivity index (χ3v) is 5.30. The molecule has 3 heteroatoms. The average molecular weight is 268 g/mol. The summed E-state index contributed by atoms with van der Waals surface area (Å²) in [5.41, 5.74) is 0.243. The molecule has 2 fully saturated rings. The molecule has 1 saturated heterocycles. The van der Waals surface area contributed by atoms with Crippen molar-refractivity contribution < 1.29 is 5.11 Å². The van der Waals surface area contributed by atoms with Crippen molar-refractivity contribution in [1.29, 1.82) is 0 Å². The van der Waals surface area contributed by atoms with E-state index in [0.29, 0.717) is 12.6 Å². The standard InChI is InChI=1S/C16H32N2O/c1-14(2)18-9-5-15(6-10-18)11-17(3)12-16(13-19)7-4-8-16/h14-15,19H,4-13H2,1-3H3. The maximum Gasteiger partial charge on any atom is 0.0499 e. The van der Waals surface area contributed by atoms with Gasteiger partial charge < -0.3 is 14.9 Å². The first-order valence-electron chi connectivity index (χ1n) is 8.08. The highest BCUT2D eigenvalue weighted by Crippen LogP contribution is 2.41. The molecule has 0 spiro atoms. The van der Waals surface area contributed by atoms with E-state index in [1.165, 1.54) is 51.7 Å². The molecule has 0 amide bonds. The first kappa shape index (κ1) is 15.3. The van der Waals surface area contributed by atoms with Gasteiger partial charge >= 0.3 is 0 Å². The van der Waals surface area contributed by atoms with Gasteiger partial charge in [0.05, 0.1) is 0 Å². The Hall–Kier alpha value is -0.120. The average Bonchev–Trinajstić information content (AvgIpc) is 2.34. The molecule has 0 unspecified atom stereocenters. The number of hydrogen-bond acceptors (Lipinski definition) is 3. The molecule has 112 valence electrons. The van der Waals surface area contributed by atoms with E-state index >= 15 is 0 Å². The van der Waals surface area contributed by atoms with Crippen LogP contribution in [0.15, 0.2) is 0 Å². The van der Waals surface area contributed by atoms with Gasteiger partial charge in [0.1, 0.15) is 0 Å². The summed E-state index contributed by atoms with van der Waals surface area (Å²) in [6.07, 6.45) is 6.43. The van der Waals surface area contributed by atoms with E-state index in [1.54, 1.807) is 0 Å². The molecule has 3 nitrogen and oxygen atoms in total. The number of hydrogen-bond donors (Lipinski definition) is 1. The maximum absolute atomic E-state index is 9.55. The summed E-state index contributed by atoms with van der Waals surface area (Å²) < 4.78 is 0. The molecule has 0 aromatic rings. The fourth-order valence-corrected chi connectivity index (χ4v) is 3.77. The van der Waals surface area contributed by atoms with E-state index in [1.807, 2.05) is 0 Å². The second kappa shape index (κ2) is 6.55. The monoisotopic (exact) mass is 268 g/mol. The van der Waals surface area contributed by atoms with Crippen LogP contribution in [0.4, 0.5) is 0 Å². The molecule has 2 aliphatic rings. The number of likely N-dealkylation sites (tertiary alicyclic amines) is 1. The summed E-state index contributed by atoms with van der Waals surface area (Å²) in [7, 11) is 2.24. The fourth-order valence-electron chi connectivity index (χ4n) is 3.77. The van der Waals surface area contributed by atoms with Crippen LogP contribution < -0.4 is 0 Å². The normalized spacial score (nSPS) is 24.9. The van der Waals surface area contributed by atoms with E-state index in [4.69, 9.17) is 0 Å². The molecule has 1 heterocycles. The minimum absolute atomic E-state index is 0.243. The van der Waals surface area contributed by atoms with E-state index in [0.717, 1.165) is 12.5 Å². The number of piperidine rings is 1. The van der Waals surface area contributed by atoms with Crippen molar-refractivity contribution in [3.8, 4) is 0 Å². The molecular formula is C16H32N2O. The molecule has 1 saturated carbocycles. The van der Waals surface area contributed by atoms with Crippen molar-refractivity contribution in [1.82, 2.24) is 9.80 Å². The Morgan fingerprint density at radius 2 is 1.89 bits per heavy atom. The predicted molar refractivity (Wildman–Crippen MR) is 80.3 cm³/mol. The summed E-state index contributed by atoms with van der Waals surface area (Å²) in [5.74, 6) is 0.857. The Bertz CT molecular complexity index is 262. The molecule has 19 heavy (non-hydrogen) atoms. The molecule has 0 aromatic heterocycles. The Kier molecular flexibility index (Phi) is 5.27. The van der Waals surface area contributed by atoms with Crippen LogP contribution >= 0.6 is 0 Å². The lowest BCUT2D eigenvalue weighted by Crippen LogP contribution is -2.46. The minimum atomic E-state index is 0.243. The van der Waals surface area contributed by atoms with Crippen LogP contribution in [0.1, 0.15) is 46.0 Å². The summed E-state index contributed by atoms with van der Waals surface area (Å²) in [5, 5.41) is 9.55. The Labute approximate surface area is 119 Å². The summed E-state index contributed by atoms with van der Waals surface area (Å²) in [6.45, 7) is 9.81. The highest BCUT2D eigenvalue weighted by Gasteiger charge is 2.37. The number of aliphatic hydroxyl groups excluding tert-OH is 1. The molecule has 0 aromatic carbocycles. The van der Waals surface area contributed by atoms with Crippen molar-refractivity contribution in [3.63, 3.8) is 0 Å². The van der Waals surface area contributed by atoms with Crippen molar-refractivity contribution in [2.75, 3.05) is 39.8 Å². The predicted octanol–water partition coefficient (Wildman–Crippen LogP) is 2.20. The van der Waals surface area contributed by atoms with Gasteiger partial charge in [-0.2, -0.15) is 0 Å². The van der Waals surface area contributed by atoms with Crippen LogP contribution in [0.25, 0.3) is 0 Å². The number of aliphatic hydroxyl groups is 1. The van der Waals surface area contributed by atoms with Gasteiger partial charge in [-0.1, -0.05) is 6.42 Å². The van der Waals surface area contributed by atoms with Crippen molar-refractivity contribution in [2.45, 2.75) is 52.0 Å². The zero-order chi connectivity index (χ0) is 13.9. The van der Waals surface area contributed by atoms with E-state index in [2.05, 4.69) is 30.7 Å². The van der Waals surface area contributed by atoms with Gasteiger partial charge in [-0.25, -0.2) is 0 Å². The van der Waals surface area contributed by atoms with Gasteiger partial charge in [-0.3, -0.25) is 0 Å². The SMILES string of the molecule is CC(C)N1CCC(CN(C)CC2(CO)CCC2)CC1. The number of rotatable bonds is 6. The molecule has 1 N–H and O–H groups in total. The first-order chi connectivity index (χ1) is 9.04. The van der Waals surface area contributed by atoms with Crippen molar-refractivity contribution in [2.24, 2.45) is 11.3 Å². The van der Waals surface area contributed by atoms with Gasteiger partial charge in [-0.15, -0.1) is 0 Å². The highest BCUT2D eigenvalue weighted by molar-refractivity contribution is 4.90. The molecular weight excluding hydrogens is 236 g/mol. The van der Waals surface area contributed by atoms with Gasteiger partial charge in [0, 0.05) is 31.2 Å². The lowest BCUT2D eigenvalue weighted by Gasteiger charge is -2.44. The van der Waals surface area contributed by atoms with Gasteiger partial charge in [0.15, 0.2) is 0 Å². The second-order valence-electron chi connectivity index (χ2n) is 7.28. The Balaban J connectivity index is 1.70. The summed E-state index contributed by atoms with van der Waals surface area (Å²) in [6, 6.07) is 0.700. The quantitative estimate of drug-likeness (QED) is 0.800.